The van der Waals surface area contributed by atoms with Crippen molar-refractivity contribution < 1.29 is 9.53 Å². The second kappa shape index (κ2) is 9.88. The van der Waals surface area contributed by atoms with Crippen LogP contribution < -0.4 is 10.6 Å². The maximum atomic E-state index is 13.0. The van der Waals surface area contributed by atoms with Crippen LogP contribution in [0.25, 0.3) is 22.3 Å². The van der Waals surface area contributed by atoms with E-state index in [1.807, 2.05) is 25.3 Å². The largest absolute Gasteiger partial charge is 0.465 e. The van der Waals surface area contributed by atoms with Crippen LogP contribution in [0.4, 0.5) is 11.5 Å². The lowest BCUT2D eigenvalue weighted by Gasteiger charge is -2.22. The minimum Gasteiger partial charge on any atom is -0.465 e. The number of carbonyl (C=O) groups excluding carboxylic acids is 1. The third-order valence-corrected chi connectivity index (χ3v) is 6.66. The number of carbonyl (C=O) groups is 1. The average Bonchev–Trinajstić information content (AvgIpc) is 3.65. The highest BCUT2D eigenvalue weighted by Crippen LogP contribution is 2.40. The molecular weight excluding hydrogens is 422 g/mol. The number of hydrogen-bond acceptors (Lipinski definition) is 5. The third kappa shape index (κ3) is 4.93. The number of rotatable bonds is 8. The molecule has 1 aliphatic carbocycles. The highest BCUT2D eigenvalue weighted by atomic mass is 16.5. The van der Waals surface area contributed by atoms with Crippen LogP contribution in [0, 0.1) is 26.7 Å². The number of esters is 1. The molecule has 4 rings (SSSR count). The van der Waals surface area contributed by atoms with Gasteiger partial charge in [-0.1, -0.05) is 12.1 Å². The van der Waals surface area contributed by atoms with Crippen LogP contribution >= 0.6 is 0 Å². The quantitative estimate of drug-likeness (QED) is 0.366. The Kier molecular flexibility index (Phi) is 6.92. The van der Waals surface area contributed by atoms with E-state index >= 15 is 0 Å². The van der Waals surface area contributed by atoms with Crippen molar-refractivity contribution in [3.63, 3.8) is 0 Å². The topological polar surface area (TPSA) is 63.2 Å². The SMILES string of the molecule is COC(=O)c1c(C)c(-c2ccc(NCC3CC3)cc2)c(C)c(C)c1-c1ccc(NC(C)C)nc1. The van der Waals surface area contributed by atoms with E-state index in [4.69, 9.17) is 4.74 Å². The van der Waals surface area contributed by atoms with E-state index in [1.165, 1.54) is 20.0 Å². The molecule has 1 aliphatic rings. The third-order valence-electron chi connectivity index (χ3n) is 6.66. The molecule has 2 aromatic carbocycles. The summed E-state index contributed by atoms with van der Waals surface area (Å²) in [6.45, 7) is 11.4. The molecule has 5 heteroatoms. The van der Waals surface area contributed by atoms with Crippen LogP contribution in [0.3, 0.4) is 0 Å². The van der Waals surface area contributed by atoms with E-state index in [9.17, 15) is 4.79 Å². The minimum atomic E-state index is -0.330. The monoisotopic (exact) mass is 457 g/mol. The Morgan fingerprint density at radius 2 is 1.62 bits per heavy atom. The first-order valence-corrected chi connectivity index (χ1v) is 12.1. The Morgan fingerprint density at radius 1 is 0.971 bits per heavy atom. The lowest BCUT2D eigenvalue weighted by Crippen LogP contribution is -2.12. The van der Waals surface area contributed by atoms with Crippen molar-refractivity contribution in [1.29, 1.82) is 0 Å². The van der Waals surface area contributed by atoms with Crippen LogP contribution in [-0.4, -0.2) is 30.6 Å². The first-order valence-electron chi connectivity index (χ1n) is 12.1. The predicted molar refractivity (Wildman–Crippen MR) is 141 cm³/mol. The van der Waals surface area contributed by atoms with E-state index in [0.717, 1.165) is 62.9 Å². The maximum Gasteiger partial charge on any atom is 0.338 e. The fourth-order valence-electron chi connectivity index (χ4n) is 4.57. The van der Waals surface area contributed by atoms with Gasteiger partial charge in [-0.15, -0.1) is 0 Å². The number of methoxy groups -OCH3 is 1. The van der Waals surface area contributed by atoms with Crippen LogP contribution in [-0.2, 0) is 4.74 Å². The van der Waals surface area contributed by atoms with Gasteiger partial charge >= 0.3 is 5.97 Å². The number of anilines is 2. The molecule has 0 saturated heterocycles. The maximum absolute atomic E-state index is 13.0. The van der Waals surface area contributed by atoms with Gasteiger partial charge < -0.3 is 15.4 Å². The molecule has 1 fully saturated rings. The summed E-state index contributed by atoms with van der Waals surface area (Å²) in [6.07, 6.45) is 4.49. The molecule has 34 heavy (non-hydrogen) atoms. The number of pyridine rings is 1. The molecule has 178 valence electrons. The van der Waals surface area contributed by atoms with Crippen LogP contribution in [0.5, 0.6) is 0 Å². The van der Waals surface area contributed by atoms with Gasteiger partial charge in [0.05, 0.1) is 12.7 Å². The Labute approximate surface area is 203 Å². The van der Waals surface area contributed by atoms with Gasteiger partial charge in [-0.05, 0) is 105 Å². The highest BCUT2D eigenvalue weighted by molar-refractivity contribution is 6.02. The normalized spacial score (nSPS) is 13.1. The molecule has 0 radical (unpaired) electrons. The second-order valence-electron chi connectivity index (χ2n) is 9.62. The van der Waals surface area contributed by atoms with Crippen molar-refractivity contribution >= 4 is 17.5 Å². The van der Waals surface area contributed by atoms with Gasteiger partial charge in [0.25, 0.3) is 0 Å². The molecule has 0 atom stereocenters. The molecule has 0 spiro atoms. The van der Waals surface area contributed by atoms with Crippen molar-refractivity contribution in [2.45, 2.75) is 53.5 Å². The molecule has 0 unspecified atom stereocenters. The number of nitrogens with one attached hydrogen (secondary N) is 2. The lowest BCUT2D eigenvalue weighted by molar-refractivity contribution is 0.0601. The van der Waals surface area contributed by atoms with Crippen LogP contribution in [0.15, 0.2) is 42.6 Å². The summed E-state index contributed by atoms with van der Waals surface area (Å²) in [5.74, 6) is 1.31. The van der Waals surface area contributed by atoms with Gasteiger partial charge in [0.1, 0.15) is 5.82 Å². The zero-order valence-corrected chi connectivity index (χ0v) is 21.1. The Morgan fingerprint density at radius 3 is 2.18 bits per heavy atom. The van der Waals surface area contributed by atoms with Gasteiger partial charge in [-0.25, -0.2) is 9.78 Å². The van der Waals surface area contributed by atoms with E-state index in [1.54, 1.807) is 0 Å². The first kappa shape index (κ1) is 23.8. The van der Waals surface area contributed by atoms with Crippen LogP contribution in [0.2, 0.25) is 0 Å². The fourth-order valence-corrected chi connectivity index (χ4v) is 4.57. The van der Waals surface area contributed by atoms with Crippen molar-refractivity contribution in [2.24, 2.45) is 5.92 Å². The summed E-state index contributed by atoms with van der Waals surface area (Å²) in [6, 6.07) is 12.8. The van der Waals surface area contributed by atoms with E-state index in [-0.39, 0.29) is 5.97 Å². The summed E-state index contributed by atoms with van der Waals surface area (Å²) in [5.41, 5.74) is 8.85. The van der Waals surface area contributed by atoms with Crippen molar-refractivity contribution in [2.75, 3.05) is 24.3 Å². The predicted octanol–water partition coefficient (Wildman–Crippen LogP) is 6.77. The molecule has 0 bridgehead atoms. The van der Waals surface area contributed by atoms with E-state index in [0.29, 0.717) is 11.6 Å². The molecule has 0 amide bonds. The van der Waals surface area contributed by atoms with Crippen molar-refractivity contribution in [1.82, 2.24) is 4.98 Å². The fraction of sp³-hybridized carbons (Fsp3) is 0.379. The molecule has 2 N–H and O–H groups in total. The standard InChI is InChI=1S/C29H35N3O2/c1-17(2)32-25-14-11-23(16-31-25)27-19(4)18(3)26(20(5)28(27)29(33)34-6)22-9-12-24(13-10-22)30-15-21-7-8-21/h9-14,16-17,21,30H,7-8,15H2,1-6H3,(H,31,32). The van der Waals surface area contributed by atoms with Crippen LogP contribution in [0.1, 0.15) is 53.7 Å². The molecule has 3 aromatic rings. The summed E-state index contributed by atoms with van der Waals surface area (Å²) in [7, 11) is 1.44. The van der Waals surface area contributed by atoms with Gasteiger partial charge in [-0.3, -0.25) is 0 Å². The van der Waals surface area contributed by atoms with Gasteiger partial charge in [0.15, 0.2) is 0 Å². The zero-order valence-electron chi connectivity index (χ0n) is 21.1. The first-order chi connectivity index (χ1) is 16.3. The van der Waals surface area contributed by atoms with Gasteiger partial charge in [-0.2, -0.15) is 0 Å². The Balaban J connectivity index is 1.78. The lowest BCUT2D eigenvalue weighted by atomic mass is 9.83. The Bertz CT molecular complexity index is 1180. The number of aromatic nitrogens is 1. The number of ether oxygens (including phenoxy) is 1. The Hall–Kier alpha value is -3.34. The van der Waals surface area contributed by atoms with Gasteiger partial charge in [0.2, 0.25) is 0 Å². The molecule has 1 aromatic heterocycles. The van der Waals surface area contributed by atoms with Crippen molar-refractivity contribution in [3.8, 4) is 22.3 Å². The number of benzene rings is 2. The van der Waals surface area contributed by atoms with E-state index < -0.39 is 0 Å². The molecule has 0 aliphatic heterocycles. The molecular formula is C29H35N3O2. The second-order valence-corrected chi connectivity index (χ2v) is 9.62. The zero-order chi connectivity index (χ0) is 24.4. The van der Waals surface area contributed by atoms with Gasteiger partial charge in [0, 0.05) is 35.6 Å². The number of nitrogens with zero attached hydrogens (tertiary/aromatic N) is 1. The molecule has 1 heterocycles. The summed E-state index contributed by atoms with van der Waals surface area (Å²) in [4.78, 5) is 17.6. The molecule has 5 nitrogen and oxygen atoms in total. The average molecular weight is 458 g/mol. The smallest absolute Gasteiger partial charge is 0.338 e. The number of hydrogen-bond donors (Lipinski definition) is 2. The van der Waals surface area contributed by atoms with E-state index in [2.05, 4.69) is 67.6 Å². The highest BCUT2D eigenvalue weighted by Gasteiger charge is 2.25. The van der Waals surface area contributed by atoms with Crippen molar-refractivity contribution in [3.05, 3.63) is 64.8 Å². The minimum absolute atomic E-state index is 0.296. The molecule has 1 saturated carbocycles. The summed E-state index contributed by atoms with van der Waals surface area (Å²) in [5, 5.41) is 6.84. The summed E-state index contributed by atoms with van der Waals surface area (Å²) < 4.78 is 5.24. The summed E-state index contributed by atoms with van der Waals surface area (Å²) >= 11 is 0.